The molecule has 0 spiro atoms. The zero-order valence-corrected chi connectivity index (χ0v) is 12.3. The molecule has 0 fully saturated rings. The highest BCUT2D eigenvalue weighted by atomic mass is 15.0. The molecule has 0 aliphatic carbocycles. The number of aromatic nitrogens is 4. The summed E-state index contributed by atoms with van der Waals surface area (Å²) >= 11 is 0. The molecule has 0 bridgehead atoms. The van der Waals surface area contributed by atoms with Crippen LogP contribution in [0, 0.1) is 6.92 Å². The minimum absolute atomic E-state index is 0.246. The Bertz CT molecular complexity index is 541. The summed E-state index contributed by atoms with van der Waals surface area (Å²) in [6.45, 7) is 6.25. The van der Waals surface area contributed by atoms with Gasteiger partial charge < -0.3 is 5.32 Å². The lowest BCUT2D eigenvalue weighted by Gasteiger charge is -2.15. The number of hydrogen-bond donors (Lipinski definition) is 1. The van der Waals surface area contributed by atoms with Crippen LogP contribution in [0.25, 0.3) is 0 Å². The van der Waals surface area contributed by atoms with Crippen LogP contribution in [0.4, 0.5) is 5.82 Å². The maximum Gasteiger partial charge on any atom is 0.130 e. The van der Waals surface area contributed by atoms with Crippen LogP contribution in [0.5, 0.6) is 0 Å². The summed E-state index contributed by atoms with van der Waals surface area (Å²) in [5.74, 6) is 1.79. The third kappa shape index (κ3) is 4.26. The van der Waals surface area contributed by atoms with Gasteiger partial charge in [0.15, 0.2) is 0 Å². The zero-order valence-electron chi connectivity index (χ0n) is 12.3. The molecule has 5 nitrogen and oxygen atoms in total. The predicted molar refractivity (Wildman–Crippen MR) is 79.6 cm³/mol. The van der Waals surface area contributed by atoms with Gasteiger partial charge in [0.25, 0.3) is 0 Å². The topological polar surface area (TPSA) is 63.6 Å². The monoisotopic (exact) mass is 271 g/mol. The van der Waals surface area contributed by atoms with Crippen molar-refractivity contribution in [3.63, 3.8) is 0 Å². The molecule has 1 atom stereocenters. The van der Waals surface area contributed by atoms with Crippen LogP contribution in [0.15, 0.2) is 24.7 Å². The number of rotatable bonds is 6. The van der Waals surface area contributed by atoms with Crippen LogP contribution < -0.4 is 5.32 Å². The molecule has 106 valence electrons. The number of anilines is 1. The van der Waals surface area contributed by atoms with Crippen LogP contribution in [-0.2, 0) is 12.8 Å². The van der Waals surface area contributed by atoms with Gasteiger partial charge in [-0.05, 0) is 20.3 Å². The average Bonchev–Trinajstić information content (AvgIpc) is 2.39. The molecule has 0 saturated heterocycles. The van der Waals surface area contributed by atoms with Gasteiger partial charge in [-0.25, -0.2) is 9.97 Å². The summed E-state index contributed by atoms with van der Waals surface area (Å²) in [6.07, 6.45) is 7.99. The van der Waals surface area contributed by atoms with E-state index in [1.165, 1.54) is 0 Å². The van der Waals surface area contributed by atoms with E-state index < -0.39 is 0 Å². The molecular weight excluding hydrogens is 250 g/mol. The van der Waals surface area contributed by atoms with Gasteiger partial charge in [0, 0.05) is 49.2 Å². The van der Waals surface area contributed by atoms with Gasteiger partial charge in [-0.15, -0.1) is 0 Å². The van der Waals surface area contributed by atoms with E-state index in [0.717, 1.165) is 42.3 Å². The van der Waals surface area contributed by atoms with Crippen molar-refractivity contribution in [2.45, 2.75) is 46.1 Å². The molecular formula is C15H21N5. The highest BCUT2D eigenvalue weighted by Gasteiger charge is 2.07. The number of aryl methyl sites for hydroxylation is 2. The second-order valence-corrected chi connectivity index (χ2v) is 5.01. The molecule has 2 heterocycles. The SMILES string of the molecule is CCCc1nc(C)cc(N[C@@H](C)Cc2cnccn2)n1. The van der Waals surface area contributed by atoms with E-state index in [4.69, 9.17) is 0 Å². The van der Waals surface area contributed by atoms with E-state index in [0.29, 0.717) is 0 Å². The van der Waals surface area contributed by atoms with Gasteiger partial charge >= 0.3 is 0 Å². The molecule has 2 rings (SSSR count). The summed E-state index contributed by atoms with van der Waals surface area (Å²) in [5, 5.41) is 3.41. The van der Waals surface area contributed by atoms with Crippen LogP contribution in [0.2, 0.25) is 0 Å². The molecule has 0 unspecified atom stereocenters. The summed E-state index contributed by atoms with van der Waals surface area (Å²) in [5.41, 5.74) is 1.98. The van der Waals surface area contributed by atoms with Gasteiger partial charge in [-0.1, -0.05) is 6.92 Å². The van der Waals surface area contributed by atoms with Gasteiger partial charge in [0.05, 0.1) is 5.69 Å². The van der Waals surface area contributed by atoms with E-state index in [2.05, 4.69) is 39.1 Å². The van der Waals surface area contributed by atoms with Gasteiger partial charge in [0.2, 0.25) is 0 Å². The quantitative estimate of drug-likeness (QED) is 0.874. The van der Waals surface area contributed by atoms with Crippen LogP contribution in [0.1, 0.15) is 37.5 Å². The summed E-state index contributed by atoms with van der Waals surface area (Å²) in [7, 11) is 0. The fourth-order valence-electron chi connectivity index (χ4n) is 2.09. The standard InChI is InChI=1S/C15H21N5/c1-4-5-14-18-12(3)9-15(20-14)19-11(2)8-13-10-16-6-7-17-13/h6-7,9-11H,4-5,8H2,1-3H3,(H,18,19,20)/t11-/m0/s1. The lowest BCUT2D eigenvalue weighted by Crippen LogP contribution is -2.20. The van der Waals surface area contributed by atoms with Crippen molar-refractivity contribution in [3.05, 3.63) is 41.9 Å². The molecule has 0 aliphatic heterocycles. The normalized spacial score (nSPS) is 12.2. The van der Waals surface area contributed by atoms with Crippen molar-refractivity contribution >= 4 is 5.82 Å². The molecule has 20 heavy (non-hydrogen) atoms. The third-order valence-corrected chi connectivity index (χ3v) is 2.90. The lowest BCUT2D eigenvalue weighted by molar-refractivity contribution is 0.752. The first kappa shape index (κ1) is 14.4. The van der Waals surface area contributed by atoms with E-state index in [-0.39, 0.29) is 6.04 Å². The smallest absolute Gasteiger partial charge is 0.130 e. The molecule has 0 radical (unpaired) electrons. The average molecular weight is 271 g/mol. The predicted octanol–water partition coefficient (Wildman–Crippen LogP) is 2.57. The van der Waals surface area contributed by atoms with Crippen molar-refractivity contribution in [3.8, 4) is 0 Å². The molecule has 2 aromatic rings. The van der Waals surface area contributed by atoms with Gasteiger partial charge in [0.1, 0.15) is 11.6 Å². The maximum absolute atomic E-state index is 4.55. The second kappa shape index (κ2) is 6.93. The maximum atomic E-state index is 4.55. The molecule has 0 aliphatic rings. The van der Waals surface area contributed by atoms with E-state index >= 15 is 0 Å². The Balaban J connectivity index is 2.02. The Hall–Kier alpha value is -2.04. The van der Waals surface area contributed by atoms with Crippen molar-refractivity contribution in [1.82, 2.24) is 19.9 Å². The van der Waals surface area contributed by atoms with Gasteiger partial charge in [-0.2, -0.15) is 0 Å². The Morgan fingerprint density at radius 2 is 2.10 bits per heavy atom. The van der Waals surface area contributed by atoms with Crippen molar-refractivity contribution in [2.24, 2.45) is 0 Å². The summed E-state index contributed by atoms with van der Waals surface area (Å²) < 4.78 is 0. The molecule has 0 saturated carbocycles. The first-order chi connectivity index (χ1) is 9.67. The van der Waals surface area contributed by atoms with Crippen LogP contribution in [0.3, 0.4) is 0 Å². The molecule has 1 N–H and O–H groups in total. The number of nitrogens with zero attached hydrogens (tertiary/aromatic N) is 4. The Morgan fingerprint density at radius 1 is 1.25 bits per heavy atom. The lowest BCUT2D eigenvalue weighted by atomic mass is 10.2. The summed E-state index contributed by atoms with van der Waals surface area (Å²) in [4.78, 5) is 17.4. The van der Waals surface area contributed by atoms with Crippen molar-refractivity contribution < 1.29 is 0 Å². The van der Waals surface area contributed by atoms with Gasteiger partial charge in [-0.3, -0.25) is 9.97 Å². The summed E-state index contributed by atoms with van der Waals surface area (Å²) in [6, 6.07) is 2.22. The van der Waals surface area contributed by atoms with E-state index in [1.54, 1.807) is 18.6 Å². The minimum Gasteiger partial charge on any atom is -0.367 e. The highest BCUT2D eigenvalue weighted by Crippen LogP contribution is 2.10. The second-order valence-electron chi connectivity index (χ2n) is 5.01. The van der Waals surface area contributed by atoms with Crippen LogP contribution in [-0.4, -0.2) is 26.0 Å². The Labute approximate surface area is 119 Å². The van der Waals surface area contributed by atoms with Crippen LogP contribution >= 0.6 is 0 Å². The highest BCUT2D eigenvalue weighted by molar-refractivity contribution is 5.37. The Kier molecular flexibility index (Phi) is 4.98. The fraction of sp³-hybridized carbons (Fsp3) is 0.467. The largest absolute Gasteiger partial charge is 0.367 e. The minimum atomic E-state index is 0.246. The van der Waals surface area contributed by atoms with Crippen molar-refractivity contribution in [2.75, 3.05) is 5.32 Å². The third-order valence-electron chi connectivity index (χ3n) is 2.90. The number of nitrogens with one attached hydrogen (secondary N) is 1. The van der Waals surface area contributed by atoms with Crippen molar-refractivity contribution in [1.29, 1.82) is 0 Å². The Morgan fingerprint density at radius 3 is 2.80 bits per heavy atom. The molecule has 5 heteroatoms. The zero-order chi connectivity index (χ0) is 14.4. The first-order valence-corrected chi connectivity index (χ1v) is 7.03. The fourth-order valence-corrected chi connectivity index (χ4v) is 2.09. The molecule has 2 aromatic heterocycles. The van der Waals surface area contributed by atoms with E-state index in [1.807, 2.05) is 13.0 Å². The van der Waals surface area contributed by atoms with E-state index in [9.17, 15) is 0 Å². The first-order valence-electron chi connectivity index (χ1n) is 7.03. The number of hydrogen-bond acceptors (Lipinski definition) is 5. The molecule has 0 amide bonds. The molecule has 0 aromatic carbocycles.